The molecule has 0 saturated carbocycles. The van der Waals surface area contributed by atoms with Crippen molar-refractivity contribution in [1.29, 1.82) is 0 Å². The highest BCUT2D eigenvalue weighted by molar-refractivity contribution is 7.94. The van der Waals surface area contributed by atoms with Gasteiger partial charge in [-0.25, -0.2) is 8.42 Å². The summed E-state index contributed by atoms with van der Waals surface area (Å²) in [6.45, 7) is 1.85. The molecule has 9 heteroatoms. The van der Waals surface area contributed by atoms with E-state index in [2.05, 4.69) is 19.0 Å². The van der Waals surface area contributed by atoms with Crippen molar-refractivity contribution < 1.29 is 13.2 Å². The molecule has 0 amide bonds. The molecule has 1 N–H and O–H groups in total. The average Bonchev–Trinajstić information content (AvgIpc) is 3.19. The summed E-state index contributed by atoms with van der Waals surface area (Å²) in [5.74, 6) is 0.288. The quantitative estimate of drug-likeness (QED) is 0.895. The zero-order chi connectivity index (χ0) is 15.6. The highest BCUT2D eigenvalue weighted by atomic mass is 32.2. The molecule has 0 atom stereocenters. The number of methoxy groups -OCH3 is 1. The Labute approximate surface area is 133 Å². The lowest BCUT2D eigenvalue weighted by Gasteiger charge is -2.21. The van der Waals surface area contributed by atoms with Crippen LogP contribution in [0.3, 0.4) is 0 Å². The van der Waals surface area contributed by atoms with Crippen molar-refractivity contribution in [2.24, 2.45) is 0 Å². The topological polar surface area (TPSA) is 84.4 Å². The van der Waals surface area contributed by atoms with Gasteiger partial charge in [0.25, 0.3) is 10.0 Å². The van der Waals surface area contributed by atoms with Crippen molar-refractivity contribution in [2.45, 2.75) is 17.1 Å². The number of hydrogen-bond acceptors (Lipinski definition) is 7. The number of ether oxygens (including phenoxy) is 1. The van der Waals surface area contributed by atoms with Gasteiger partial charge in [0.2, 0.25) is 5.88 Å². The van der Waals surface area contributed by atoms with E-state index in [4.69, 9.17) is 4.74 Å². The summed E-state index contributed by atoms with van der Waals surface area (Å²) in [6, 6.07) is 3.23. The summed E-state index contributed by atoms with van der Waals surface area (Å²) in [7, 11) is -2.25. The van der Waals surface area contributed by atoms with Crippen LogP contribution >= 0.6 is 11.5 Å². The highest BCUT2D eigenvalue weighted by Crippen LogP contribution is 2.31. The van der Waals surface area contributed by atoms with Gasteiger partial charge in [-0.3, -0.25) is 9.71 Å². The van der Waals surface area contributed by atoms with E-state index < -0.39 is 10.0 Å². The maximum Gasteiger partial charge on any atom is 0.273 e. The molecule has 2 aromatic rings. The monoisotopic (exact) mass is 340 g/mol. The number of aromatic nitrogens is 2. The molecule has 1 saturated heterocycles. The standard InChI is InChI=1S/C13H16N4O3S2/c1-20-12-8-13(21-15-12)22(18,19)16-10-9-14-5-4-11(10)17-6-2-3-7-17/h4-5,8-9,16H,2-3,6-7H2,1H3. The Morgan fingerprint density at radius 1 is 1.36 bits per heavy atom. The van der Waals surface area contributed by atoms with Crippen molar-refractivity contribution >= 4 is 32.9 Å². The molecule has 0 aromatic carbocycles. The maximum atomic E-state index is 12.5. The van der Waals surface area contributed by atoms with Crippen molar-refractivity contribution in [3.8, 4) is 5.88 Å². The van der Waals surface area contributed by atoms with E-state index in [0.717, 1.165) is 43.2 Å². The van der Waals surface area contributed by atoms with Crippen LogP contribution in [0, 0.1) is 0 Å². The van der Waals surface area contributed by atoms with Crippen molar-refractivity contribution in [2.75, 3.05) is 29.8 Å². The minimum atomic E-state index is -3.70. The van der Waals surface area contributed by atoms with Crippen LogP contribution in [0.5, 0.6) is 5.88 Å². The third-order valence-electron chi connectivity index (χ3n) is 3.43. The second-order valence-electron chi connectivity index (χ2n) is 4.88. The number of nitrogens with one attached hydrogen (secondary N) is 1. The Kier molecular flexibility index (Phi) is 4.16. The van der Waals surface area contributed by atoms with Crippen LogP contribution in [-0.4, -0.2) is 38.0 Å². The summed E-state index contributed by atoms with van der Waals surface area (Å²) in [4.78, 5) is 6.18. The van der Waals surface area contributed by atoms with Crippen LogP contribution < -0.4 is 14.4 Å². The molecule has 1 aliphatic rings. The van der Waals surface area contributed by atoms with E-state index in [1.165, 1.54) is 19.4 Å². The molecule has 0 spiro atoms. The van der Waals surface area contributed by atoms with Crippen molar-refractivity contribution in [1.82, 2.24) is 9.36 Å². The number of hydrogen-bond donors (Lipinski definition) is 1. The van der Waals surface area contributed by atoms with E-state index in [9.17, 15) is 8.42 Å². The van der Waals surface area contributed by atoms with Crippen LogP contribution in [-0.2, 0) is 10.0 Å². The number of pyridine rings is 1. The molecule has 0 aliphatic carbocycles. The second-order valence-corrected chi connectivity index (χ2v) is 7.60. The number of sulfonamides is 1. The van der Waals surface area contributed by atoms with Crippen LogP contribution in [0.15, 0.2) is 28.7 Å². The normalized spacial score (nSPS) is 15.0. The number of rotatable bonds is 5. The van der Waals surface area contributed by atoms with Gasteiger partial charge in [0.1, 0.15) is 0 Å². The first-order chi connectivity index (χ1) is 10.6. The van der Waals surface area contributed by atoms with Gasteiger partial charge >= 0.3 is 0 Å². The zero-order valence-electron chi connectivity index (χ0n) is 12.0. The molecule has 22 heavy (non-hydrogen) atoms. The number of nitrogens with zero attached hydrogens (tertiary/aromatic N) is 3. The third kappa shape index (κ3) is 3.00. The van der Waals surface area contributed by atoms with Crippen LogP contribution in [0.25, 0.3) is 0 Å². The van der Waals surface area contributed by atoms with Crippen LogP contribution in [0.4, 0.5) is 11.4 Å². The Bertz CT molecular complexity index is 754. The fraction of sp³-hybridized carbons (Fsp3) is 0.385. The maximum absolute atomic E-state index is 12.5. The molecule has 118 valence electrons. The molecule has 0 radical (unpaired) electrons. The first-order valence-corrected chi connectivity index (χ1v) is 9.08. The molecule has 1 aliphatic heterocycles. The summed E-state index contributed by atoms with van der Waals surface area (Å²) in [5, 5.41) is 0. The van der Waals surface area contributed by atoms with E-state index in [-0.39, 0.29) is 10.1 Å². The first kappa shape index (κ1) is 15.0. The van der Waals surface area contributed by atoms with Gasteiger partial charge in [-0.1, -0.05) is 0 Å². The first-order valence-electron chi connectivity index (χ1n) is 6.82. The van der Waals surface area contributed by atoms with Crippen molar-refractivity contribution in [3.05, 3.63) is 24.5 Å². The summed E-state index contributed by atoms with van der Waals surface area (Å²) in [6.07, 6.45) is 5.42. The van der Waals surface area contributed by atoms with Gasteiger partial charge in [0, 0.05) is 25.4 Å². The van der Waals surface area contributed by atoms with Gasteiger partial charge in [-0.2, -0.15) is 4.37 Å². The molecule has 0 bridgehead atoms. The van der Waals surface area contributed by atoms with Gasteiger partial charge < -0.3 is 9.64 Å². The van der Waals surface area contributed by atoms with Gasteiger partial charge in [-0.05, 0) is 30.4 Å². The minimum Gasteiger partial charge on any atom is -0.480 e. The summed E-state index contributed by atoms with van der Waals surface area (Å²) >= 11 is 0.879. The van der Waals surface area contributed by atoms with Gasteiger partial charge in [0.15, 0.2) is 4.21 Å². The van der Waals surface area contributed by atoms with Gasteiger partial charge in [-0.15, -0.1) is 0 Å². The average molecular weight is 340 g/mol. The molecule has 2 aromatic heterocycles. The molecule has 7 nitrogen and oxygen atoms in total. The minimum absolute atomic E-state index is 0.112. The largest absolute Gasteiger partial charge is 0.480 e. The molecule has 3 heterocycles. The Morgan fingerprint density at radius 2 is 2.14 bits per heavy atom. The van der Waals surface area contributed by atoms with E-state index in [0.29, 0.717) is 5.69 Å². The van der Waals surface area contributed by atoms with Crippen molar-refractivity contribution in [3.63, 3.8) is 0 Å². The lowest BCUT2D eigenvalue weighted by Crippen LogP contribution is -2.21. The number of anilines is 2. The van der Waals surface area contributed by atoms with Gasteiger partial charge in [0.05, 0.1) is 24.7 Å². The lowest BCUT2D eigenvalue weighted by atomic mass is 10.3. The Morgan fingerprint density at radius 3 is 2.82 bits per heavy atom. The summed E-state index contributed by atoms with van der Waals surface area (Å²) in [5.41, 5.74) is 1.34. The zero-order valence-corrected chi connectivity index (χ0v) is 13.7. The molecule has 3 rings (SSSR count). The fourth-order valence-electron chi connectivity index (χ4n) is 2.36. The van der Waals surface area contributed by atoms with Crippen LogP contribution in [0.2, 0.25) is 0 Å². The highest BCUT2D eigenvalue weighted by Gasteiger charge is 2.22. The van der Waals surface area contributed by atoms with E-state index in [1.54, 1.807) is 6.20 Å². The Balaban J connectivity index is 1.89. The summed E-state index contributed by atoms with van der Waals surface area (Å²) < 4.78 is 36.5. The van der Waals surface area contributed by atoms with Crippen LogP contribution in [0.1, 0.15) is 12.8 Å². The Hall–Kier alpha value is -1.87. The molecule has 1 fully saturated rings. The smallest absolute Gasteiger partial charge is 0.273 e. The predicted octanol–water partition coefficient (Wildman–Crippen LogP) is 1.95. The lowest BCUT2D eigenvalue weighted by molar-refractivity contribution is 0.402. The molecular weight excluding hydrogens is 324 g/mol. The molecular formula is C13H16N4O3S2. The van der Waals surface area contributed by atoms with E-state index in [1.807, 2.05) is 6.07 Å². The fourth-order valence-corrected chi connectivity index (χ4v) is 4.25. The second kappa shape index (κ2) is 6.09. The molecule has 0 unspecified atom stereocenters. The predicted molar refractivity (Wildman–Crippen MR) is 85.2 cm³/mol. The van der Waals surface area contributed by atoms with E-state index >= 15 is 0 Å². The third-order valence-corrected chi connectivity index (χ3v) is 6.02. The SMILES string of the molecule is COc1cc(S(=O)(=O)Nc2cnccc2N2CCCC2)sn1.